The molecule has 0 aliphatic heterocycles. The molecule has 0 saturated heterocycles. The molecular weight excluding hydrogens is 617 g/mol. The first-order valence-electron chi connectivity index (χ1n) is 21.4. The molecule has 1 heterocycles. The molecule has 8 aliphatic carbocycles. The third-order valence-electron chi connectivity index (χ3n) is 14.3. The van der Waals surface area contributed by atoms with Gasteiger partial charge >= 0.3 is 0 Å². The van der Waals surface area contributed by atoms with E-state index >= 15 is 0 Å². The Morgan fingerprint density at radius 1 is 0.725 bits per heavy atom. The second kappa shape index (κ2) is 14.6. The maximum absolute atomic E-state index is 3.94. The van der Waals surface area contributed by atoms with Gasteiger partial charge in [0, 0.05) is 34.2 Å². The summed E-state index contributed by atoms with van der Waals surface area (Å²) in [4.78, 5) is 0. The second-order valence-electron chi connectivity index (χ2n) is 17.6. The summed E-state index contributed by atoms with van der Waals surface area (Å²) in [5.41, 5.74) is 16.1. The summed E-state index contributed by atoms with van der Waals surface area (Å²) in [6.45, 7) is 2.63. The zero-order chi connectivity index (χ0) is 34.2. The summed E-state index contributed by atoms with van der Waals surface area (Å²) in [5, 5.41) is 3.94. The summed E-state index contributed by atoms with van der Waals surface area (Å²) >= 11 is 0. The summed E-state index contributed by atoms with van der Waals surface area (Å²) in [6, 6.07) is 0. The van der Waals surface area contributed by atoms with Gasteiger partial charge in [-0.2, -0.15) is 0 Å². The van der Waals surface area contributed by atoms with Gasteiger partial charge in [-0.3, -0.25) is 0 Å². The van der Waals surface area contributed by atoms with Crippen LogP contribution in [0.15, 0.2) is 94.4 Å². The van der Waals surface area contributed by atoms with Crippen molar-refractivity contribution in [2.24, 2.45) is 23.7 Å². The Morgan fingerprint density at radius 3 is 2.49 bits per heavy atom. The quantitative estimate of drug-likeness (QED) is 0.284. The number of nitrogens with one attached hydrogen (secondary N) is 1. The number of rotatable bonds is 7. The third kappa shape index (κ3) is 6.75. The van der Waals surface area contributed by atoms with E-state index in [1.165, 1.54) is 127 Å². The van der Waals surface area contributed by atoms with Crippen LogP contribution < -0.4 is 5.32 Å². The molecule has 268 valence electrons. The number of hydrogen-bond acceptors (Lipinski definition) is 1. The Hall–Kier alpha value is -3.26. The number of fused-ring (bicyclic) bond motifs is 3. The molecule has 1 aromatic heterocycles. The number of nitrogens with zero attached hydrogens (tertiary/aromatic N) is 1. The van der Waals surface area contributed by atoms with Crippen LogP contribution in [0, 0.1) is 23.7 Å². The largest absolute Gasteiger partial charge is 0.359 e. The van der Waals surface area contributed by atoms with E-state index in [0.717, 1.165) is 31.1 Å². The van der Waals surface area contributed by atoms with Crippen molar-refractivity contribution in [3.63, 3.8) is 0 Å². The third-order valence-corrected chi connectivity index (χ3v) is 14.3. The molecule has 1 saturated carbocycles. The fourth-order valence-electron chi connectivity index (χ4n) is 11.6. The van der Waals surface area contributed by atoms with Crippen molar-refractivity contribution in [3.8, 4) is 0 Å². The normalized spacial score (nSPS) is 32.1. The van der Waals surface area contributed by atoms with Crippen molar-refractivity contribution in [1.82, 2.24) is 9.88 Å². The van der Waals surface area contributed by atoms with Gasteiger partial charge < -0.3 is 9.88 Å². The molecule has 5 unspecified atom stereocenters. The van der Waals surface area contributed by atoms with Gasteiger partial charge in [0.15, 0.2) is 0 Å². The molecule has 5 atom stereocenters. The predicted molar refractivity (Wildman–Crippen MR) is 216 cm³/mol. The molecule has 51 heavy (non-hydrogen) atoms. The lowest BCUT2D eigenvalue weighted by molar-refractivity contribution is 0.130. The average molecular weight is 679 g/mol. The topological polar surface area (TPSA) is 17.0 Å². The Labute approximate surface area is 309 Å². The lowest BCUT2D eigenvalue weighted by Gasteiger charge is -2.44. The van der Waals surface area contributed by atoms with Gasteiger partial charge in [-0.25, -0.2) is 0 Å². The molecule has 1 fully saturated rings. The van der Waals surface area contributed by atoms with Crippen LogP contribution in [0.1, 0.15) is 151 Å². The first kappa shape index (κ1) is 33.6. The zero-order valence-corrected chi connectivity index (χ0v) is 31.5. The van der Waals surface area contributed by atoms with Crippen LogP contribution in [-0.2, 0) is 18.4 Å². The van der Waals surface area contributed by atoms with Gasteiger partial charge in [0.2, 0.25) is 0 Å². The number of allylic oxidation sites excluding steroid dienone is 15. The summed E-state index contributed by atoms with van der Waals surface area (Å²) < 4.78 is 2.91. The molecule has 8 aliphatic rings. The standard InChI is InChI=1S/C49H62N2/c1-49(32-12-17-41(34-49)36-15-6-3-7-16-36)51-47-21-11-9-19-44(47)45-33-40(28-31-48(45)51)38-22-24-39(25-23-38)43-18-8-10-20-46(43)50-42-29-26-37(27-30-42)35-13-4-2-5-14-35/h6,8,11,13,15,18,21-22,26,29-30,33,36-37,39,41,50H,2-5,7,9-10,12,14,16-17,19-20,23-25,27-28,31-32,34H2,1H3. The van der Waals surface area contributed by atoms with E-state index in [1.54, 1.807) is 44.8 Å². The Kier molecular flexibility index (Phi) is 9.63. The first-order valence-corrected chi connectivity index (χ1v) is 21.4. The van der Waals surface area contributed by atoms with E-state index in [1.807, 2.05) is 0 Å². The van der Waals surface area contributed by atoms with Crippen LogP contribution in [-0.4, -0.2) is 4.57 Å². The molecule has 9 rings (SSSR count). The van der Waals surface area contributed by atoms with Crippen LogP contribution in [0.25, 0.3) is 12.2 Å². The Morgan fingerprint density at radius 2 is 1.67 bits per heavy atom. The average Bonchev–Trinajstić information content (AvgIpc) is 3.54. The lowest BCUT2D eigenvalue weighted by Crippen LogP contribution is -2.39. The molecule has 0 spiro atoms. The first-order chi connectivity index (χ1) is 25.1. The van der Waals surface area contributed by atoms with Crippen molar-refractivity contribution in [3.05, 3.63) is 117 Å². The van der Waals surface area contributed by atoms with E-state index in [0.29, 0.717) is 11.8 Å². The smallest absolute Gasteiger partial charge is 0.0449 e. The van der Waals surface area contributed by atoms with Crippen LogP contribution in [0.2, 0.25) is 0 Å². The van der Waals surface area contributed by atoms with E-state index < -0.39 is 0 Å². The van der Waals surface area contributed by atoms with E-state index in [4.69, 9.17) is 0 Å². The highest BCUT2D eigenvalue weighted by Crippen LogP contribution is 2.49. The highest BCUT2D eigenvalue weighted by Gasteiger charge is 2.40. The molecule has 0 aromatic carbocycles. The molecule has 2 nitrogen and oxygen atoms in total. The molecule has 0 bridgehead atoms. The van der Waals surface area contributed by atoms with Gasteiger partial charge in [0.25, 0.3) is 0 Å². The highest BCUT2D eigenvalue weighted by atomic mass is 15.1. The van der Waals surface area contributed by atoms with Crippen LogP contribution in [0.5, 0.6) is 0 Å². The van der Waals surface area contributed by atoms with Gasteiger partial charge in [0.1, 0.15) is 0 Å². The van der Waals surface area contributed by atoms with E-state index in [2.05, 4.69) is 89.7 Å². The van der Waals surface area contributed by atoms with E-state index in [-0.39, 0.29) is 5.54 Å². The van der Waals surface area contributed by atoms with E-state index in [9.17, 15) is 0 Å². The minimum absolute atomic E-state index is 0.237. The van der Waals surface area contributed by atoms with Crippen molar-refractivity contribution in [2.75, 3.05) is 0 Å². The highest BCUT2D eigenvalue weighted by molar-refractivity contribution is 5.72. The van der Waals surface area contributed by atoms with Crippen molar-refractivity contribution < 1.29 is 0 Å². The van der Waals surface area contributed by atoms with Crippen LogP contribution >= 0.6 is 0 Å². The molecule has 2 heteroatoms. The van der Waals surface area contributed by atoms with Crippen molar-refractivity contribution in [1.29, 1.82) is 0 Å². The minimum Gasteiger partial charge on any atom is -0.359 e. The summed E-state index contributed by atoms with van der Waals surface area (Å²) in [6.07, 6.45) is 56.8. The molecule has 1 N–H and O–H groups in total. The van der Waals surface area contributed by atoms with Crippen LogP contribution in [0.3, 0.4) is 0 Å². The summed E-state index contributed by atoms with van der Waals surface area (Å²) in [5.74, 6) is 2.89. The fourth-order valence-corrected chi connectivity index (χ4v) is 11.6. The summed E-state index contributed by atoms with van der Waals surface area (Å²) in [7, 11) is 0. The molecule has 1 aromatic rings. The Bertz CT molecular complexity index is 1790. The van der Waals surface area contributed by atoms with Gasteiger partial charge in [0.05, 0.1) is 0 Å². The number of hydrogen-bond donors (Lipinski definition) is 1. The van der Waals surface area contributed by atoms with Gasteiger partial charge in [-0.15, -0.1) is 0 Å². The second-order valence-corrected chi connectivity index (χ2v) is 17.6. The fraction of sp³-hybridized carbons (Fsp3) is 0.551. The maximum atomic E-state index is 3.94. The SMILES string of the molecule is CC1(n2c3c(c4c2CCC(C2=CCC(C5=C(NC6=CCC(C7=CCCCC7)C=C6)CCC=C5)CC2)=C4)CCC=C3)CCCC(C2C=CCCC2)C1. The number of aromatic nitrogens is 1. The van der Waals surface area contributed by atoms with Crippen LogP contribution in [0.4, 0.5) is 0 Å². The maximum Gasteiger partial charge on any atom is 0.0449 e. The monoisotopic (exact) mass is 678 g/mol. The zero-order valence-electron chi connectivity index (χ0n) is 31.5. The minimum atomic E-state index is 0.237. The van der Waals surface area contributed by atoms with Crippen molar-refractivity contribution in [2.45, 2.75) is 147 Å². The van der Waals surface area contributed by atoms with Gasteiger partial charge in [-0.05, 0) is 199 Å². The molecule has 0 radical (unpaired) electrons. The van der Waals surface area contributed by atoms with Crippen molar-refractivity contribution >= 4 is 12.2 Å². The molecular formula is C49H62N2. The van der Waals surface area contributed by atoms with Gasteiger partial charge in [-0.1, -0.05) is 66.7 Å². The lowest BCUT2D eigenvalue weighted by atomic mass is 9.69. The Balaban J connectivity index is 0.926. The molecule has 0 amide bonds. The predicted octanol–water partition coefficient (Wildman–Crippen LogP) is 12.9.